The van der Waals surface area contributed by atoms with Crippen LogP contribution in [0.2, 0.25) is 0 Å². The molecule has 0 aliphatic carbocycles. The molecule has 2 atom stereocenters. The molecule has 0 radical (unpaired) electrons. The van der Waals surface area contributed by atoms with E-state index in [0.29, 0.717) is 11.1 Å². The van der Waals surface area contributed by atoms with Crippen molar-refractivity contribution >= 4 is 22.8 Å². The molecule has 0 fully saturated rings. The van der Waals surface area contributed by atoms with E-state index >= 15 is 0 Å². The molecule has 0 amide bonds. The number of aliphatic hydroxyl groups is 2. The van der Waals surface area contributed by atoms with Crippen LogP contribution in [0.5, 0.6) is 0 Å². The first-order chi connectivity index (χ1) is 9.36. The van der Waals surface area contributed by atoms with Crippen LogP contribution in [0.25, 0.3) is 0 Å². The summed E-state index contributed by atoms with van der Waals surface area (Å²) in [5.74, 6) is -0.413. The number of carbonyl (C=O) groups is 2. The van der Waals surface area contributed by atoms with E-state index in [1.165, 1.54) is 20.1 Å². The molecular weight excluding hydrogens is 280 g/mol. The van der Waals surface area contributed by atoms with Gasteiger partial charge in [-0.15, -0.1) is 0 Å². The molecule has 20 heavy (non-hydrogen) atoms. The fourth-order valence-corrected chi connectivity index (χ4v) is 2.29. The molecule has 0 aliphatic rings. The van der Waals surface area contributed by atoms with Gasteiger partial charge in [0.25, 0.3) is 0 Å². The minimum atomic E-state index is -1.16. The van der Waals surface area contributed by atoms with E-state index in [-0.39, 0.29) is 10.9 Å². The van der Waals surface area contributed by atoms with E-state index in [2.05, 4.69) is 4.74 Å². The van der Waals surface area contributed by atoms with Crippen molar-refractivity contribution in [3.8, 4) is 0 Å². The summed E-state index contributed by atoms with van der Waals surface area (Å²) in [4.78, 5) is 22.3. The Morgan fingerprint density at radius 1 is 1.35 bits per heavy atom. The SMILES string of the molecule is COC(=O)c1ccc(C)c(C(O)C(O)CSC(C)=O)c1. The zero-order chi connectivity index (χ0) is 15.3. The molecule has 0 aromatic heterocycles. The van der Waals surface area contributed by atoms with Gasteiger partial charge in [-0.05, 0) is 30.2 Å². The number of hydrogen-bond donors (Lipinski definition) is 2. The van der Waals surface area contributed by atoms with Gasteiger partial charge >= 0.3 is 5.97 Å². The van der Waals surface area contributed by atoms with Crippen molar-refractivity contribution < 1.29 is 24.5 Å². The molecule has 0 saturated heterocycles. The largest absolute Gasteiger partial charge is 0.465 e. The quantitative estimate of drug-likeness (QED) is 0.801. The lowest BCUT2D eigenvalue weighted by atomic mass is 9.97. The molecule has 0 saturated carbocycles. The van der Waals surface area contributed by atoms with Crippen molar-refractivity contribution in [2.45, 2.75) is 26.1 Å². The number of methoxy groups -OCH3 is 1. The van der Waals surface area contributed by atoms with E-state index in [1.54, 1.807) is 19.1 Å². The van der Waals surface area contributed by atoms with Crippen molar-refractivity contribution in [2.24, 2.45) is 0 Å². The van der Waals surface area contributed by atoms with Crippen molar-refractivity contribution in [1.82, 2.24) is 0 Å². The van der Waals surface area contributed by atoms with Gasteiger partial charge < -0.3 is 14.9 Å². The van der Waals surface area contributed by atoms with Gasteiger partial charge in [0.2, 0.25) is 0 Å². The molecule has 1 aromatic carbocycles. The molecule has 1 aromatic rings. The smallest absolute Gasteiger partial charge is 0.337 e. The van der Waals surface area contributed by atoms with Gasteiger partial charge in [-0.3, -0.25) is 4.79 Å². The van der Waals surface area contributed by atoms with Gasteiger partial charge in [-0.25, -0.2) is 4.79 Å². The normalized spacial score (nSPS) is 13.7. The van der Waals surface area contributed by atoms with Crippen LogP contribution in [0, 0.1) is 6.92 Å². The Hall–Kier alpha value is -1.37. The zero-order valence-electron chi connectivity index (χ0n) is 11.6. The van der Waals surface area contributed by atoms with Crippen LogP contribution in [0.15, 0.2) is 18.2 Å². The van der Waals surface area contributed by atoms with Gasteiger partial charge in [0.15, 0.2) is 5.12 Å². The number of rotatable bonds is 5. The second-order valence-electron chi connectivity index (χ2n) is 4.38. The van der Waals surface area contributed by atoms with Gasteiger partial charge in [-0.1, -0.05) is 17.8 Å². The van der Waals surface area contributed by atoms with Crippen molar-refractivity contribution in [3.63, 3.8) is 0 Å². The number of aliphatic hydroxyl groups excluding tert-OH is 2. The number of aryl methyl sites for hydroxylation is 1. The number of ether oxygens (including phenoxy) is 1. The van der Waals surface area contributed by atoms with E-state index in [1.807, 2.05) is 0 Å². The third-order valence-corrected chi connectivity index (χ3v) is 3.76. The zero-order valence-corrected chi connectivity index (χ0v) is 12.4. The maximum absolute atomic E-state index is 11.5. The standard InChI is InChI=1S/C14H18O5S/c1-8-4-5-10(14(18)19-3)6-11(8)13(17)12(16)7-20-9(2)15/h4-6,12-13,16-17H,7H2,1-3H3. The van der Waals surface area contributed by atoms with Crippen LogP contribution >= 0.6 is 11.8 Å². The Bertz CT molecular complexity index is 500. The Kier molecular flexibility index (Phi) is 6.19. The average molecular weight is 298 g/mol. The van der Waals surface area contributed by atoms with Crippen LogP contribution in [-0.4, -0.2) is 40.3 Å². The predicted octanol–water partition coefficient (Wildman–Crippen LogP) is 1.46. The summed E-state index contributed by atoms with van der Waals surface area (Å²) in [5.41, 5.74) is 1.50. The molecule has 0 spiro atoms. The maximum Gasteiger partial charge on any atom is 0.337 e. The summed E-state index contributed by atoms with van der Waals surface area (Å²) < 4.78 is 4.62. The Morgan fingerprint density at radius 3 is 2.55 bits per heavy atom. The average Bonchev–Trinajstić information content (AvgIpc) is 2.43. The van der Waals surface area contributed by atoms with Crippen molar-refractivity contribution in [1.29, 1.82) is 0 Å². The van der Waals surface area contributed by atoms with Crippen LogP contribution in [0.4, 0.5) is 0 Å². The highest BCUT2D eigenvalue weighted by molar-refractivity contribution is 8.13. The summed E-state index contributed by atoms with van der Waals surface area (Å²) in [6, 6.07) is 4.76. The second-order valence-corrected chi connectivity index (χ2v) is 5.57. The lowest BCUT2D eigenvalue weighted by Crippen LogP contribution is -2.22. The highest BCUT2D eigenvalue weighted by Crippen LogP contribution is 2.24. The van der Waals surface area contributed by atoms with E-state index in [9.17, 15) is 19.8 Å². The summed E-state index contributed by atoms with van der Waals surface area (Å²) in [6.45, 7) is 3.16. The second kappa shape index (κ2) is 7.42. The molecule has 0 bridgehead atoms. The molecule has 0 heterocycles. The van der Waals surface area contributed by atoms with Crippen molar-refractivity contribution in [3.05, 3.63) is 34.9 Å². The molecule has 6 heteroatoms. The number of hydrogen-bond acceptors (Lipinski definition) is 6. The van der Waals surface area contributed by atoms with Crippen molar-refractivity contribution in [2.75, 3.05) is 12.9 Å². The summed E-state index contributed by atoms with van der Waals surface area (Å²) in [5, 5.41) is 19.9. The lowest BCUT2D eigenvalue weighted by molar-refractivity contribution is -0.109. The lowest BCUT2D eigenvalue weighted by Gasteiger charge is -2.19. The summed E-state index contributed by atoms with van der Waals surface area (Å²) in [6.07, 6.45) is -2.25. The van der Waals surface area contributed by atoms with Crippen LogP contribution in [0.1, 0.15) is 34.5 Å². The highest BCUT2D eigenvalue weighted by Gasteiger charge is 2.22. The fourth-order valence-electron chi connectivity index (χ4n) is 1.71. The summed E-state index contributed by atoms with van der Waals surface area (Å²) in [7, 11) is 1.27. The van der Waals surface area contributed by atoms with E-state index in [0.717, 1.165) is 17.3 Å². The molecule has 5 nitrogen and oxygen atoms in total. The number of thioether (sulfide) groups is 1. The Morgan fingerprint density at radius 2 is 2.00 bits per heavy atom. The molecule has 2 N–H and O–H groups in total. The minimum Gasteiger partial charge on any atom is -0.465 e. The molecule has 2 unspecified atom stereocenters. The third kappa shape index (κ3) is 4.33. The topological polar surface area (TPSA) is 83.8 Å². The maximum atomic E-state index is 11.5. The first-order valence-corrected chi connectivity index (χ1v) is 7.03. The number of carbonyl (C=O) groups excluding carboxylic acids is 2. The van der Waals surface area contributed by atoms with Gasteiger partial charge in [0.05, 0.1) is 18.8 Å². The number of benzene rings is 1. The Labute approximate surface area is 121 Å². The third-order valence-electron chi connectivity index (χ3n) is 2.84. The van der Waals surface area contributed by atoms with Gasteiger partial charge in [0.1, 0.15) is 6.10 Å². The monoisotopic (exact) mass is 298 g/mol. The molecule has 0 aliphatic heterocycles. The predicted molar refractivity (Wildman–Crippen MR) is 76.6 cm³/mol. The first kappa shape index (κ1) is 16.7. The molecule has 1 rings (SSSR count). The van der Waals surface area contributed by atoms with Crippen LogP contribution in [0.3, 0.4) is 0 Å². The van der Waals surface area contributed by atoms with Crippen LogP contribution < -0.4 is 0 Å². The first-order valence-electron chi connectivity index (χ1n) is 6.05. The van der Waals surface area contributed by atoms with E-state index in [4.69, 9.17) is 0 Å². The van der Waals surface area contributed by atoms with E-state index < -0.39 is 18.2 Å². The fraction of sp³-hybridized carbons (Fsp3) is 0.429. The minimum absolute atomic E-state index is 0.0956. The van der Waals surface area contributed by atoms with Gasteiger partial charge in [-0.2, -0.15) is 0 Å². The van der Waals surface area contributed by atoms with Crippen LogP contribution in [-0.2, 0) is 9.53 Å². The molecular formula is C14H18O5S. The van der Waals surface area contributed by atoms with Gasteiger partial charge in [0, 0.05) is 12.7 Å². The summed E-state index contributed by atoms with van der Waals surface area (Å²) >= 11 is 0.943. The molecule has 110 valence electrons. The highest BCUT2D eigenvalue weighted by atomic mass is 32.2. The number of esters is 1. The Balaban J connectivity index is 2.93.